The van der Waals surface area contributed by atoms with Crippen LogP contribution in [0.5, 0.6) is 0 Å². The van der Waals surface area contributed by atoms with Gasteiger partial charge in [-0.25, -0.2) is 4.98 Å². The molecule has 10 heteroatoms. The van der Waals surface area contributed by atoms with Crippen molar-refractivity contribution in [3.63, 3.8) is 0 Å². The number of thioether (sulfide) groups is 1. The van der Waals surface area contributed by atoms with E-state index in [0.29, 0.717) is 30.7 Å². The van der Waals surface area contributed by atoms with Gasteiger partial charge in [-0.05, 0) is 79.7 Å². The van der Waals surface area contributed by atoms with Crippen LogP contribution in [0.15, 0.2) is 60.1 Å². The average Bonchev–Trinajstić information content (AvgIpc) is 3.55. The van der Waals surface area contributed by atoms with E-state index in [-0.39, 0.29) is 41.5 Å². The molecule has 1 heterocycles. The van der Waals surface area contributed by atoms with Gasteiger partial charge in [0, 0.05) is 35.6 Å². The number of carbonyl (C=O) groups is 3. The van der Waals surface area contributed by atoms with E-state index in [1.807, 2.05) is 23.8 Å². The second kappa shape index (κ2) is 15.5. The van der Waals surface area contributed by atoms with Crippen LogP contribution < -0.4 is 21.3 Å². The van der Waals surface area contributed by atoms with Crippen LogP contribution in [-0.2, 0) is 16.1 Å². The second-order valence-electron chi connectivity index (χ2n) is 13.1. The first kappa shape index (κ1) is 34.0. The minimum absolute atomic E-state index is 0.0250. The topological polar surface area (TPSA) is 112 Å². The van der Waals surface area contributed by atoms with Gasteiger partial charge >= 0.3 is 0 Å². The minimum atomic E-state index is -0.964. The first-order chi connectivity index (χ1) is 22.2. The zero-order valence-electron chi connectivity index (χ0n) is 27.3. The fourth-order valence-electron chi connectivity index (χ4n) is 6.77. The van der Waals surface area contributed by atoms with Crippen LogP contribution in [0.2, 0.25) is 0 Å². The van der Waals surface area contributed by atoms with Crippen LogP contribution in [0.4, 0.5) is 5.13 Å². The molecule has 2 fully saturated rings. The number of amides is 3. The zero-order valence-corrected chi connectivity index (χ0v) is 28.9. The highest BCUT2D eigenvalue weighted by atomic mass is 32.2. The molecule has 2 aliphatic carbocycles. The molecule has 246 valence electrons. The van der Waals surface area contributed by atoms with Gasteiger partial charge in [0.25, 0.3) is 5.91 Å². The Morgan fingerprint density at radius 2 is 1.87 bits per heavy atom. The Morgan fingerprint density at radius 1 is 1.09 bits per heavy atom. The van der Waals surface area contributed by atoms with Gasteiger partial charge in [-0.2, -0.15) is 11.8 Å². The summed E-state index contributed by atoms with van der Waals surface area (Å²) in [6.45, 7) is 6.91. The third-order valence-corrected chi connectivity index (χ3v) is 10.8. The van der Waals surface area contributed by atoms with Crippen LogP contribution in [0.1, 0.15) is 85.3 Å². The lowest BCUT2D eigenvalue weighted by Gasteiger charge is -2.34. The molecule has 0 aliphatic heterocycles. The molecule has 1 aromatic heterocycles. The van der Waals surface area contributed by atoms with E-state index in [1.54, 1.807) is 30.1 Å². The highest BCUT2D eigenvalue weighted by Gasteiger charge is 2.62. The second-order valence-corrected chi connectivity index (χ2v) is 15.0. The van der Waals surface area contributed by atoms with E-state index >= 15 is 0 Å². The SMILES string of the molecule is CSCC[C@@H](NC(=O)c1ccc(CNc2nccs2)cc1)C(=O)NC1(C(=O)NC2CCCC[C@@H]2c2cccc(C)c2)C[C@@H]1C(C)C. The summed E-state index contributed by atoms with van der Waals surface area (Å²) in [5.41, 5.74) is 3.03. The number of nitrogens with one attached hydrogen (secondary N) is 4. The molecule has 3 aromatic rings. The quantitative estimate of drug-likeness (QED) is 0.162. The fourth-order valence-corrected chi connectivity index (χ4v) is 7.77. The minimum Gasteiger partial charge on any atom is -0.357 e. The Kier molecular flexibility index (Phi) is 11.4. The van der Waals surface area contributed by atoms with Gasteiger partial charge < -0.3 is 21.3 Å². The molecule has 2 unspecified atom stereocenters. The van der Waals surface area contributed by atoms with Crippen LogP contribution >= 0.6 is 23.1 Å². The Morgan fingerprint density at radius 3 is 2.54 bits per heavy atom. The largest absolute Gasteiger partial charge is 0.357 e. The summed E-state index contributed by atoms with van der Waals surface area (Å²) in [7, 11) is 0. The van der Waals surface area contributed by atoms with Crippen molar-refractivity contribution in [3.05, 3.63) is 82.4 Å². The van der Waals surface area contributed by atoms with Crippen molar-refractivity contribution >= 4 is 46.0 Å². The number of aryl methyl sites for hydroxylation is 1. The summed E-state index contributed by atoms with van der Waals surface area (Å²) in [6, 6.07) is 15.2. The number of hydrogen-bond donors (Lipinski definition) is 4. The van der Waals surface area contributed by atoms with Gasteiger partial charge in [0.1, 0.15) is 11.6 Å². The Bertz CT molecular complexity index is 1480. The molecule has 5 rings (SSSR count). The highest BCUT2D eigenvalue weighted by molar-refractivity contribution is 7.98. The van der Waals surface area contributed by atoms with E-state index < -0.39 is 11.6 Å². The first-order valence-electron chi connectivity index (χ1n) is 16.4. The van der Waals surface area contributed by atoms with Crippen LogP contribution in [-0.4, -0.2) is 52.3 Å². The molecule has 4 N–H and O–H groups in total. The van der Waals surface area contributed by atoms with Gasteiger partial charge in [0.2, 0.25) is 11.8 Å². The first-order valence-corrected chi connectivity index (χ1v) is 18.7. The maximum atomic E-state index is 14.1. The maximum Gasteiger partial charge on any atom is 0.251 e. The molecule has 5 atom stereocenters. The molecular formula is C36H47N5O3S2. The number of carbonyl (C=O) groups excluding carboxylic acids is 3. The summed E-state index contributed by atoms with van der Waals surface area (Å²) in [5, 5.41) is 15.6. The van der Waals surface area contributed by atoms with Gasteiger partial charge in [-0.15, -0.1) is 11.3 Å². The van der Waals surface area contributed by atoms with E-state index in [0.717, 1.165) is 36.4 Å². The van der Waals surface area contributed by atoms with Crippen molar-refractivity contribution in [3.8, 4) is 0 Å². The van der Waals surface area contributed by atoms with E-state index in [2.05, 4.69) is 71.3 Å². The van der Waals surface area contributed by atoms with E-state index in [9.17, 15) is 14.4 Å². The lowest BCUT2D eigenvalue weighted by atomic mass is 9.79. The Labute approximate surface area is 281 Å². The number of rotatable bonds is 14. The van der Waals surface area contributed by atoms with Crippen molar-refractivity contribution in [1.82, 2.24) is 20.9 Å². The number of anilines is 1. The zero-order chi connectivity index (χ0) is 32.7. The summed E-state index contributed by atoms with van der Waals surface area (Å²) < 4.78 is 0. The highest BCUT2D eigenvalue weighted by Crippen LogP contribution is 2.49. The fraction of sp³-hybridized carbons (Fsp3) is 0.500. The number of hydrogen-bond acceptors (Lipinski definition) is 7. The molecule has 0 saturated heterocycles. The molecule has 2 aromatic carbocycles. The van der Waals surface area contributed by atoms with Gasteiger partial charge in [-0.1, -0.05) is 68.7 Å². The Balaban J connectivity index is 1.26. The molecule has 8 nitrogen and oxygen atoms in total. The third kappa shape index (κ3) is 8.31. The number of thiazole rings is 1. The smallest absolute Gasteiger partial charge is 0.251 e. The molecule has 0 spiro atoms. The summed E-state index contributed by atoms with van der Waals surface area (Å²) in [4.78, 5) is 45.5. The van der Waals surface area contributed by atoms with Gasteiger partial charge in [0.15, 0.2) is 5.13 Å². The lowest BCUT2D eigenvalue weighted by molar-refractivity contribution is -0.132. The van der Waals surface area contributed by atoms with Crippen LogP contribution in [0.25, 0.3) is 0 Å². The van der Waals surface area contributed by atoms with Crippen LogP contribution in [0.3, 0.4) is 0 Å². The predicted molar refractivity (Wildman–Crippen MR) is 188 cm³/mol. The summed E-state index contributed by atoms with van der Waals surface area (Å²) >= 11 is 3.16. The average molecular weight is 662 g/mol. The molecule has 0 bridgehead atoms. The van der Waals surface area contributed by atoms with Crippen molar-refractivity contribution in [2.75, 3.05) is 17.3 Å². The Hall–Kier alpha value is -3.37. The van der Waals surface area contributed by atoms with Crippen LogP contribution in [0, 0.1) is 18.8 Å². The molecule has 0 radical (unpaired) electrons. The normalized spacial score (nSPS) is 22.9. The standard InChI is InChI=1S/C36H47N5O3S2/c1-23(2)29-21-36(29,34(44)40-30-11-6-5-10-28(30)27-9-7-8-24(3)20-27)41-33(43)31(16-18-45-4)39-32(42)26-14-12-25(13-15-26)22-38-35-37-17-19-46-35/h7-9,12-15,17,19-20,23,28-31H,5-6,10-11,16,18,21-22H2,1-4H3,(H,37,38)(H,39,42)(H,40,44)(H,41,43)/t28-,29-,30?,31-,36?/m1/s1. The lowest BCUT2D eigenvalue weighted by Crippen LogP contribution is -2.58. The van der Waals surface area contributed by atoms with Crippen molar-refractivity contribution in [2.24, 2.45) is 11.8 Å². The molecule has 46 heavy (non-hydrogen) atoms. The van der Waals surface area contributed by atoms with Crippen molar-refractivity contribution < 1.29 is 14.4 Å². The third-order valence-electron chi connectivity index (χ3n) is 9.45. The predicted octanol–water partition coefficient (Wildman–Crippen LogP) is 6.29. The summed E-state index contributed by atoms with van der Waals surface area (Å²) in [6.07, 6.45) is 8.98. The maximum absolute atomic E-state index is 14.1. The van der Waals surface area contributed by atoms with Crippen molar-refractivity contribution in [2.45, 2.75) is 89.4 Å². The number of benzene rings is 2. The summed E-state index contributed by atoms with van der Waals surface area (Å²) in [5.74, 6) is 0.521. The molecular weight excluding hydrogens is 615 g/mol. The van der Waals surface area contributed by atoms with Gasteiger partial charge in [-0.3, -0.25) is 14.4 Å². The monoisotopic (exact) mass is 661 g/mol. The molecule has 3 amide bonds. The van der Waals surface area contributed by atoms with Gasteiger partial charge in [0.05, 0.1) is 0 Å². The number of aromatic nitrogens is 1. The van der Waals surface area contributed by atoms with E-state index in [4.69, 9.17) is 0 Å². The molecule has 2 aliphatic rings. The van der Waals surface area contributed by atoms with E-state index in [1.165, 1.54) is 22.5 Å². The van der Waals surface area contributed by atoms with Crippen molar-refractivity contribution in [1.29, 1.82) is 0 Å². The number of nitrogens with zero attached hydrogens (tertiary/aromatic N) is 1. The molecule has 2 saturated carbocycles.